The molecule has 0 aromatic carbocycles. The summed E-state index contributed by atoms with van der Waals surface area (Å²) in [6.45, 7) is 3.04. The van der Waals surface area contributed by atoms with Gasteiger partial charge in [0.25, 0.3) is 0 Å². The van der Waals surface area contributed by atoms with Crippen LogP contribution in [0.3, 0.4) is 0 Å². The van der Waals surface area contributed by atoms with Crippen molar-refractivity contribution in [1.82, 2.24) is 9.55 Å². The molecule has 2 aliphatic carbocycles. The van der Waals surface area contributed by atoms with E-state index in [2.05, 4.69) is 11.9 Å². The molecule has 0 N–H and O–H groups in total. The lowest BCUT2D eigenvalue weighted by Gasteiger charge is -2.04. The second kappa shape index (κ2) is 4.28. The van der Waals surface area contributed by atoms with Crippen molar-refractivity contribution < 1.29 is 4.79 Å². The fraction of sp³-hybridized carbons (Fsp3) is 0.714. The molecule has 0 bridgehead atoms. The maximum absolute atomic E-state index is 12.4. The molecule has 0 amide bonds. The van der Waals surface area contributed by atoms with Gasteiger partial charge in [-0.15, -0.1) is 0 Å². The molecule has 3 nitrogen and oxygen atoms in total. The maximum Gasteiger partial charge on any atom is 0.201 e. The van der Waals surface area contributed by atoms with Crippen LogP contribution in [0.1, 0.15) is 49.6 Å². The summed E-state index contributed by atoms with van der Waals surface area (Å²) in [5.74, 6) is 2.67. The summed E-state index contributed by atoms with van der Waals surface area (Å²) in [6.07, 6.45) is 9.89. The Morgan fingerprint density at radius 1 is 1.41 bits per heavy atom. The van der Waals surface area contributed by atoms with Gasteiger partial charge in [-0.25, -0.2) is 4.98 Å². The molecular weight excluding hydrogens is 212 g/mol. The molecule has 92 valence electrons. The van der Waals surface area contributed by atoms with Crippen LogP contribution in [0.4, 0.5) is 0 Å². The summed E-state index contributed by atoms with van der Waals surface area (Å²) in [5.41, 5.74) is 0. The van der Waals surface area contributed by atoms with E-state index in [-0.39, 0.29) is 0 Å². The average molecular weight is 232 g/mol. The fourth-order valence-corrected chi connectivity index (χ4v) is 3.49. The zero-order valence-electron chi connectivity index (χ0n) is 10.4. The second-order valence-electron chi connectivity index (χ2n) is 5.45. The third-order valence-electron chi connectivity index (χ3n) is 4.36. The molecule has 3 rings (SSSR count). The van der Waals surface area contributed by atoms with Crippen LogP contribution in [-0.2, 0) is 6.54 Å². The average Bonchev–Trinajstić information content (AvgIpc) is 2.90. The van der Waals surface area contributed by atoms with Crippen LogP contribution < -0.4 is 0 Å². The lowest BCUT2D eigenvalue weighted by Crippen LogP contribution is -2.13. The van der Waals surface area contributed by atoms with E-state index in [9.17, 15) is 4.79 Å². The molecule has 1 heterocycles. The molecule has 2 fully saturated rings. The minimum absolute atomic E-state index is 0.301. The highest BCUT2D eigenvalue weighted by atomic mass is 16.1. The van der Waals surface area contributed by atoms with E-state index in [0.29, 0.717) is 29.4 Å². The van der Waals surface area contributed by atoms with Crippen molar-refractivity contribution >= 4 is 5.78 Å². The molecule has 3 heteroatoms. The van der Waals surface area contributed by atoms with E-state index >= 15 is 0 Å². The minimum atomic E-state index is 0.301. The number of hydrogen-bond donors (Lipinski definition) is 0. The van der Waals surface area contributed by atoms with E-state index in [4.69, 9.17) is 0 Å². The van der Waals surface area contributed by atoms with E-state index in [1.54, 1.807) is 6.20 Å². The third-order valence-corrected chi connectivity index (χ3v) is 4.36. The fourth-order valence-electron chi connectivity index (χ4n) is 3.49. The Hall–Kier alpha value is -1.12. The number of carbonyl (C=O) groups is 1. The Labute approximate surface area is 102 Å². The summed E-state index contributed by atoms with van der Waals surface area (Å²) < 4.78 is 2.02. The molecule has 0 radical (unpaired) electrons. The van der Waals surface area contributed by atoms with E-state index in [0.717, 1.165) is 13.0 Å². The van der Waals surface area contributed by atoms with Gasteiger partial charge in [0.2, 0.25) is 5.78 Å². The molecule has 0 aliphatic heterocycles. The Balaban J connectivity index is 1.76. The van der Waals surface area contributed by atoms with Crippen molar-refractivity contribution in [1.29, 1.82) is 0 Å². The van der Waals surface area contributed by atoms with Gasteiger partial charge < -0.3 is 4.57 Å². The standard InChI is InChI=1S/C14H20N2O/c1-2-8-16-9-7-15-14(16)13(17)12-10-5-3-4-6-11(10)12/h7,9-12H,2-6,8H2,1H3. The van der Waals surface area contributed by atoms with Crippen LogP contribution in [0.5, 0.6) is 0 Å². The van der Waals surface area contributed by atoms with Crippen LogP contribution >= 0.6 is 0 Å². The number of rotatable bonds is 4. The van der Waals surface area contributed by atoms with Gasteiger partial charge in [-0.05, 0) is 31.1 Å². The van der Waals surface area contributed by atoms with Crippen LogP contribution in [-0.4, -0.2) is 15.3 Å². The van der Waals surface area contributed by atoms with Gasteiger partial charge in [-0.3, -0.25) is 4.79 Å². The summed E-state index contributed by atoms with van der Waals surface area (Å²) in [4.78, 5) is 16.7. The number of nitrogens with zero attached hydrogens (tertiary/aromatic N) is 2. The lowest BCUT2D eigenvalue weighted by atomic mass is 10.0. The number of aryl methyl sites for hydroxylation is 1. The van der Waals surface area contributed by atoms with Crippen molar-refractivity contribution in [2.24, 2.45) is 17.8 Å². The van der Waals surface area contributed by atoms with Crippen LogP contribution in [0.15, 0.2) is 12.4 Å². The van der Waals surface area contributed by atoms with Crippen molar-refractivity contribution in [3.63, 3.8) is 0 Å². The van der Waals surface area contributed by atoms with Crippen LogP contribution in [0.25, 0.3) is 0 Å². The van der Waals surface area contributed by atoms with Gasteiger partial charge in [0.05, 0.1) is 0 Å². The van der Waals surface area contributed by atoms with Crippen molar-refractivity contribution in [2.75, 3.05) is 0 Å². The molecule has 0 saturated heterocycles. The molecule has 2 aliphatic rings. The van der Waals surface area contributed by atoms with Gasteiger partial charge in [0.1, 0.15) is 0 Å². The van der Waals surface area contributed by atoms with Gasteiger partial charge in [0.15, 0.2) is 5.82 Å². The molecule has 1 aromatic heterocycles. The second-order valence-corrected chi connectivity index (χ2v) is 5.45. The largest absolute Gasteiger partial charge is 0.329 e. The third kappa shape index (κ3) is 1.81. The van der Waals surface area contributed by atoms with Crippen LogP contribution in [0, 0.1) is 17.8 Å². The predicted octanol–water partition coefficient (Wildman–Crippen LogP) is 2.91. The zero-order chi connectivity index (χ0) is 11.8. The molecule has 17 heavy (non-hydrogen) atoms. The Bertz CT molecular complexity index is 412. The van der Waals surface area contributed by atoms with Crippen molar-refractivity contribution in [2.45, 2.75) is 45.6 Å². The maximum atomic E-state index is 12.4. The van der Waals surface area contributed by atoms with Gasteiger partial charge in [0, 0.05) is 24.9 Å². The molecule has 2 unspecified atom stereocenters. The highest BCUT2D eigenvalue weighted by Crippen LogP contribution is 2.56. The smallest absolute Gasteiger partial charge is 0.201 e. The normalized spacial score (nSPS) is 31.0. The molecule has 0 spiro atoms. The molecule has 2 saturated carbocycles. The Kier molecular flexibility index (Phi) is 2.77. The highest BCUT2D eigenvalue weighted by molar-refractivity contribution is 5.97. The quantitative estimate of drug-likeness (QED) is 0.748. The first-order valence-corrected chi connectivity index (χ1v) is 6.88. The van der Waals surface area contributed by atoms with E-state index in [1.807, 2.05) is 10.8 Å². The van der Waals surface area contributed by atoms with Gasteiger partial charge >= 0.3 is 0 Å². The summed E-state index contributed by atoms with van der Waals surface area (Å²) >= 11 is 0. The van der Waals surface area contributed by atoms with E-state index < -0.39 is 0 Å². The number of imidazole rings is 1. The Morgan fingerprint density at radius 2 is 2.12 bits per heavy atom. The number of Topliss-reactive ketones (excluding diaryl/α,β-unsaturated/α-hetero) is 1. The summed E-state index contributed by atoms with van der Waals surface area (Å²) in [7, 11) is 0. The molecule has 1 aromatic rings. The topological polar surface area (TPSA) is 34.9 Å². The lowest BCUT2D eigenvalue weighted by molar-refractivity contribution is 0.0941. The van der Waals surface area contributed by atoms with E-state index in [1.165, 1.54) is 25.7 Å². The Morgan fingerprint density at radius 3 is 2.76 bits per heavy atom. The summed E-state index contributed by atoms with van der Waals surface area (Å²) in [5, 5.41) is 0. The number of carbonyl (C=O) groups excluding carboxylic acids is 1. The monoisotopic (exact) mass is 232 g/mol. The first-order valence-electron chi connectivity index (χ1n) is 6.88. The molecular formula is C14H20N2O. The number of ketones is 1. The SMILES string of the molecule is CCCn1ccnc1C(=O)C1C2CCCCC21. The number of hydrogen-bond acceptors (Lipinski definition) is 2. The number of fused-ring (bicyclic) bond motifs is 1. The summed E-state index contributed by atoms with van der Waals surface area (Å²) in [6, 6.07) is 0. The van der Waals surface area contributed by atoms with Gasteiger partial charge in [-0.2, -0.15) is 0 Å². The van der Waals surface area contributed by atoms with Crippen LogP contribution in [0.2, 0.25) is 0 Å². The van der Waals surface area contributed by atoms with Gasteiger partial charge in [-0.1, -0.05) is 19.8 Å². The predicted molar refractivity (Wildman–Crippen MR) is 65.8 cm³/mol. The first kappa shape index (κ1) is 11.0. The van der Waals surface area contributed by atoms with Crippen molar-refractivity contribution in [3.8, 4) is 0 Å². The number of aromatic nitrogens is 2. The molecule has 2 atom stereocenters. The first-order chi connectivity index (χ1) is 8.33. The van der Waals surface area contributed by atoms with Crippen molar-refractivity contribution in [3.05, 3.63) is 18.2 Å². The zero-order valence-corrected chi connectivity index (χ0v) is 10.4. The minimum Gasteiger partial charge on any atom is -0.329 e. The highest BCUT2D eigenvalue weighted by Gasteiger charge is 2.55.